The molecule has 2 rings (SSSR count). The van der Waals surface area contributed by atoms with Gasteiger partial charge in [-0.2, -0.15) is 0 Å². The first-order valence-electron chi connectivity index (χ1n) is 7.22. The fourth-order valence-electron chi connectivity index (χ4n) is 2.59. The van der Waals surface area contributed by atoms with Crippen molar-refractivity contribution < 1.29 is 4.79 Å². The molecule has 1 amide bonds. The zero-order valence-electron chi connectivity index (χ0n) is 12.3. The summed E-state index contributed by atoms with van der Waals surface area (Å²) in [6.45, 7) is 6.21. The molecule has 0 aliphatic carbocycles. The van der Waals surface area contributed by atoms with E-state index in [2.05, 4.69) is 41.8 Å². The first-order valence-corrected chi connectivity index (χ1v) is 7.22. The van der Waals surface area contributed by atoms with Crippen molar-refractivity contribution in [1.82, 2.24) is 10.6 Å². The van der Waals surface area contributed by atoms with Crippen LogP contribution in [0.25, 0.3) is 0 Å². The Balaban J connectivity index is 0.00000200. The number of aryl methyl sites for hydroxylation is 1. The van der Waals surface area contributed by atoms with Crippen LogP contribution in [0.4, 0.5) is 0 Å². The second-order valence-corrected chi connectivity index (χ2v) is 5.60. The molecule has 0 spiro atoms. The van der Waals surface area contributed by atoms with E-state index >= 15 is 0 Å². The summed E-state index contributed by atoms with van der Waals surface area (Å²) in [5, 5.41) is 6.43. The maximum Gasteiger partial charge on any atom is 0.220 e. The Morgan fingerprint density at radius 2 is 1.90 bits per heavy atom. The standard InChI is InChI=1S/C16H24N2O.ClH/c1-12-3-5-15(6-4-12)13(2)18-16(19)11-14-7-9-17-10-8-14;/h3-6,13-14,17H,7-11H2,1-2H3,(H,18,19);1H. The number of carbonyl (C=O) groups is 1. The Morgan fingerprint density at radius 3 is 2.50 bits per heavy atom. The van der Waals surface area contributed by atoms with E-state index in [0.717, 1.165) is 25.9 Å². The molecule has 1 unspecified atom stereocenters. The predicted octanol–water partition coefficient (Wildman–Crippen LogP) is 2.98. The maximum atomic E-state index is 12.0. The van der Waals surface area contributed by atoms with Gasteiger partial charge in [0.1, 0.15) is 0 Å². The highest BCUT2D eigenvalue weighted by Gasteiger charge is 2.18. The lowest BCUT2D eigenvalue weighted by Crippen LogP contribution is -2.33. The molecule has 1 atom stereocenters. The normalized spacial score (nSPS) is 17.1. The number of halogens is 1. The third kappa shape index (κ3) is 5.14. The topological polar surface area (TPSA) is 41.1 Å². The van der Waals surface area contributed by atoms with Gasteiger partial charge in [0.15, 0.2) is 0 Å². The largest absolute Gasteiger partial charge is 0.350 e. The molecule has 1 heterocycles. The average molecular weight is 297 g/mol. The number of benzene rings is 1. The molecule has 112 valence electrons. The monoisotopic (exact) mass is 296 g/mol. The van der Waals surface area contributed by atoms with Crippen molar-refractivity contribution in [2.45, 2.75) is 39.2 Å². The van der Waals surface area contributed by atoms with Crippen LogP contribution in [0.3, 0.4) is 0 Å². The zero-order chi connectivity index (χ0) is 13.7. The molecular formula is C16H25ClN2O. The van der Waals surface area contributed by atoms with Crippen molar-refractivity contribution in [3.8, 4) is 0 Å². The molecule has 0 saturated carbocycles. The minimum absolute atomic E-state index is 0. The average Bonchev–Trinajstić information content (AvgIpc) is 2.40. The minimum Gasteiger partial charge on any atom is -0.350 e. The van der Waals surface area contributed by atoms with Gasteiger partial charge in [-0.3, -0.25) is 4.79 Å². The lowest BCUT2D eigenvalue weighted by molar-refractivity contribution is -0.122. The number of rotatable bonds is 4. The molecule has 0 bridgehead atoms. The second-order valence-electron chi connectivity index (χ2n) is 5.60. The number of piperidine rings is 1. The van der Waals surface area contributed by atoms with Crippen LogP contribution in [-0.2, 0) is 4.79 Å². The van der Waals surface area contributed by atoms with Crippen LogP contribution >= 0.6 is 12.4 Å². The quantitative estimate of drug-likeness (QED) is 0.897. The maximum absolute atomic E-state index is 12.0. The summed E-state index contributed by atoms with van der Waals surface area (Å²) in [5.74, 6) is 0.728. The van der Waals surface area contributed by atoms with Gasteiger partial charge in [0.05, 0.1) is 6.04 Å². The Morgan fingerprint density at radius 1 is 1.30 bits per heavy atom. The van der Waals surface area contributed by atoms with Gasteiger partial charge in [-0.25, -0.2) is 0 Å². The number of nitrogens with one attached hydrogen (secondary N) is 2. The number of carbonyl (C=O) groups excluding carboxylic acids is 1. The number of amides is 1. The molecule has 1 fully saturated rings. The van der Waals surface area contributed by atoms with E-state index in [0.29, 0.717) is 12.3 Å². The first-order chi connectivity index (χ1) is 9.15. The van der Waals surface area contributed by atoms with Crippen molar-refractivity contribution in [3.05, 3.63) is 35.4 Å². The van der Waals surface area contributed by atoms with E-state index < -0.39 is 0 Å². The van der Waals surface area contributed by atoms with Crippen LogP contribution in [-0.4, -0.2) is 19.0 Å². The molecule has 1 aliphatic heterocycles. The van der Waals surface area contributed by atoms with Gasteiger partial charge < -0.3 is 10.6 Å². The molecule has 2 N–H and O–H groups in total. The van der Waals surface area contributed by atoms with Crippen LogP contribution in [0.2, 0.25) is 0 Å². The van der Waals surface area contributed by atoms with Crippen LogP contribution < -0.4 is 10.6 Å². The van der Waals surface area contributed by atoms with Gasteiger partial charge >= 0.3 is 0 Å². The van der Waals surface area contributed by atoms with Gasteiger partial charge in [-0.1, -0.05) is 29.8 Å². The lowest BCUT2D eigenvalue weighted by atomic mass is 9.94. The Kier molecular flexibility index (Phi) is 7.03. The molecule has 0 radical (unpaired) electrons. The van der Waals surface area contributed by atoms with E-state index in [1.807, 2.05) is 6.92 Å². The smallest absolute Gasteiger partial charge is 0.220 e. The van der Waals surface area contributed by atoms with Gasteiger partial charge in [0.2, 0.25) is 5.91 Å². The van der Waals surface area contributed by atoms with Crippen LogP contribution in [0.1, 0.15) is 43.4 Å². The summed E-state index contributed by atoms with van der Waals surface area (Å²) in [6.07, 6.45) is 2.90. The second kappa shape index (κ2) is 8.28. The molecule has 0 aromatic heterocycles. The molecule has 1 saturated heterocycles. The summed E-state index contributed by atoms with van der Waals surface area (Å²) in [7, 11) is 0. The van der Waals surface area contributed by atoms with Crippen LogP contribution in [0, 0.1) is 12.8 Å². The van der Waals surface area contributed by atoms with Gasteiger partial charge in [0.25, 0.3) is 0 Å². The summed E-state index contributed by atoms with van der Waals surface area (Å²) < 4.78 is 0. The Labute approximate surface area is 127 Å². The lowest BCUT2D eigenvalue weighted by Gasteiger charge is -2.23. The van der Waals surface area contributed by atoms with Crippen LogP contribution in [0.15, 0.2) is 24.3 Å². The summed E-state index contributed by atoms with van der Waals surface area (Å²) in [4.78, 5) is 12.0. The highest BCUT2D eigenvalue weighted by atomic mass is 35.5. The SMILES string of the molecule is Cc1ccc(C(C)NC(=O)CC2CCNCC2)cc1.Cl. The van der Waals surface area contributed by atoms with Crippen molar-refractivity contribution in [2.24, 2.45) is 5.92 Å². The third-order valence-electron chi connectivity index (χ3n) is 3.89. The minimum atomic E-state index is 0. The molecule has 20 heavy (non-hydrogen) atoms. The van der Waals surface area contributed by atoms with E-state index in [1.54, 1.807) is 0 Å². The zero-order valence-corrected chi connectivity index (χ0v) is 13.1. The van der Waals surface area contributed by atoms with E-state index in [-0.39, 0.29) is 24.4 Å². The highest BCUT2D eigenvalue weighted by Crippen LogP contribution is 2.17. The fourth-order valence-corrected chi connectivity index (χ4v) is 2.59. The number of hydrogen-bond acceptors (Lipinski definition) is 2. The molecule has 1 aromatic carbocycles. The molecule has 1 aromatic rings. The molecule has 3 nitrogen and oxygen atoms in total. The van der Waals surface area contributed by atoms with E-state index in [1.165, 1.54) is 11.1 Å². The third-order valence-corrected chi connectivity index (χ3v) is 3.89. The van der Waals surface area contributed by atoms with Crippen LogP contribution in [0.5, 0.6) is 0 Å². The molecule has 1 aliphatic rings. The highest BCUT2D eigenvalue weighted by molar-refractivity contribution is 5.85. The Bertz CT molecular complexity index is 413. The Hall–Kier alpha value is -1.06. The molecule has 4 heteroatoms. The number of hydrogen-bond donors (Lipinski definition) is 2. The molecular weight excluding hydrogens is 272 g/mol. The van der Waals surface area contributed by atoms with Gasteiger partial charge in [-0.15, -0.1) is 12.4 Å². The first kappa shape index (κ1) is 17.0. The van der Waals surface area contributed by atoms with Gasteiger partial charge in [0, 0.05) is 6.42 Å². The van der Waals surface area contributed by atoms with Crippen molar-refractivity contribution in [2.75, 3.05) is 13.1 Å². The summed E-state index contributed by atoms with van der Waals surface area (Å²) in [6, 6.07) is 8.44. The van der Waals surface area contributed by atoms with Crippen molar-refractivity contribution in [3.63, 3.8) is 0 Å². The fraction of sp³-hybridized carbons (Fsp3) is 0.562. The van der Waals surface area contributed by atoms with E-state index in [4.69, 9.17) is 0 Å². The van der Waals surface area contributed by atoms with E-state index in [9.17, 15) is 4.79 Å². The summed E-state index contributed by atoms with van der Waals surface area (Å²) >= 11 is 0. The van der Waals surface area contributed by atoms with Crippen molar-refractivity contribution in [1.29, 1.82) is 0 Å². The predicted molar refractivity (Wildman–Crippen MR) is 85.2 cm³/mol. The van der Waals surface area contributed by atoms with Crippen molar-refractivity contribution >= 4 is 18.3 Å². The van der Waals surface area contributed by atoms with Gasteiger partial charge in [-0.05, 0) is 51.3 Å². The summed E-state index contributed by atoms with van der Waals surface area (Å²) in [5.41, 5.74) is 2.42.